The van der Waals surface area contributed by atoms with Crippen molar-refractivity contribution in [2.45, 2.75) is 17.9 Å². The summed E-state index contributed by atoms with van der Waals surface area (Å²) in [5.41, 5.74) is 2.58. The van der Waals surface area contributed by atoms with Crippen molar-refractivity contribution < 1.29 is 22.9 Å². The number of amides is 1. The molecule has 10 nitrogen and oxygen atoms in total. The van der Waals surface area contributed by atoms with Gasteiger partial charge in [-0.3, -0.25) is 24.1 Å². The average Bonchev–Trinajstić information content (AvgIpc) is 3.05. The summed E-state index contributed by atoms with van der Waals surface area (Å²) in [5, 5.41) is 11.6. The lowest BCUT2D eigenvalue weighted by atomic mass is 9.96. The van der Waals surface area contributed by atoms with E-state index in [-0.39, 0.29) is 28.2 Å². The van der Waals surface area contributed by atoms with Crippen molar-refractivity contribution in [3.63, 3.8) is 0 Å². The number of hydrogen-bond acceptors (Lipinski definition) is 7. The Morgan fingerprint density at radius 1 is 0.886 bits per heavy atom. The summed E-state index contributed by atoms with van der Waals surface area (Å²) in [4.78, 5) is 28.4. The van der Waals surface area contributed by atoms with E-state index in [1.54, 1.807) is 36.1 Å². The van der Waals surface area contributed by atoms with E-state index >= 15 is 0 Å². The van der Waals surface area contributed by atoms with Crippen LogP contribution >= 0.6 is 0 Å². The van der Waals surface area contributed by atoms with Gasteiger partial charge in [0.25, 0.3) is 15.7 Å². The molecule has 4 aromatic rings. The largest absolute Gasteiger partial charge is 0.497 e. The second-order valence-electron chi connectivity index (χ2n) is 10.6. The van der Waals surface area contributed by atoms with Gasteiger partial charge in [0.2, 0.25) is 5.91 Å². The lowest BCUT2D eigenvalue weighted by Gasteiger charge is -2.40. The molecule has 0 N–H and O–H groups in total. The molecule has 4 aromatic carbocycles. The third kappa shape index (κ3) is 6.58. The van der Waals surface area contributed by atoms with Crippen molar-refractivity contribution in [1.82, 2.24) is 9.80 Å². The standard InChI is InChI=1S/C33H34N4O6S/c1-25-13-18-30(23-31(25)37(39)40)44(41,42)36(28-14-16-29(43-2)17-15-28)24-32(38)34-19-21-35(22-20-34)33(26-9-5-3-6-10-26)27-11-7-4-8-12-27/h3-18,23,33H,19-22,24H2,1-2H3. The molecule has 0 radical (unpaired) electrons. The lowest BCUT2D eigenvalue weighted by molar-refractivity contribution is -0.385. The molecule has 0 bridgehead atoms. The van der Waals surface area contributed by atoms with E-state index in [2.05, 4.69) is 29.2 Å². The number of nitro benzene ring substituents is 1. The third-order valence-electron chi connectivity index (χ3n) is 7.87. The predicted octanol–water partition coefficient (Wildman–Crippen LogP) is 5.04. The van der Waals surface area contributed by atoms with Gasteiger partial charge in [-0.1, -0.05) is 66.7 Å². The minimum atomic E-state index is -4.35. The highest BCUT2D eigenvalue weighted by Crippen LogP contribution is 2.31. The Kier molecular flexibility index (Phi) is 9.26. The number of sulfonamides is 1. The fourth-order valence-electron chi connectivity index (χ4n) is 5.47. The van der Waals surface area contributed by atoms with Gasteiger partial charge >= 0.3 is 0 Å². The molecular formula is C33H34N4O6S. The molecule has 1 aliphatic rings. The molecule has 1 aliphatic heterocycles. The minimum absolute atomic E-state index is 0.0168. The highest BCUT2D eigenvalue weighted by Gasteiger charge is 2.33. The van der Waals surface area contributed by atoms with Crippen molar-refractivity contribution >= 4 is 27.3 Å². The number of carbonyl (C=O) groups is 1. The van der Waals surface area contributed by atoms with E-state index in [0.29, 0.717) is 37.5 Å². The number of ether oxygens (including phenoxy) is 1. The fraction of sp³-hybridized carbons (Fsp3) is 0.242. The molecular weight excluding hydrogens is 580 g/mol. The molecule has 0 saturated carbocycles. The van der Waals surface area contributed by atoms with Gasteiger partial charge in [-0.2, -0.15) is 0 Å². The zero-order valence-electron chi connectivity index (χ0n) is 24.6. The van der Waals surface area contributed by atoms with Crippen LogP contribution in [0.2, 0.25) is 0 Å². The SMILES string of the molecule is COc1ccc(N(CC(=O)N2CCN(C(c3ccccc3)c3ccccc3)CC2)S(=O)(=O)c2ccc(C)c([N+](=O)[O-])c2)cc1. The van der Waals surface area contributed by atoms with Gasteiger partial charge in [-0.25, -0.2) is 8.42 Å². The zero-order valence-corrected chi connectivity index (χ0v) is 25.4. The first-order chi connectivity index (χ1) is 21.2. The lowest BCUT2D eigenvalue weighted by Crippen LogP contribution is -2.52. The van der Waals surface area contributed by atoms with Gasteiger partial charge in [-0.05, 0) is 48.4 Å². The normalized spacial score (nSPS) is 13.9. The quantitative estimate of drug-likeness (QED) is 0.182. The highest BCUT2D eigenvalue weighted by atomic mass is 32.2. The zero-order chi connectivity index (χ0) is 31.3. The number of hydrogen-bond donors (Lipinski definition) is 0. The molecule has 1 heterocycles. The number of rotatable bonds is 10. The van der Waals surface area contributed by atoms with Crippen molar-refractivity contribution in [3.05, 3.63) is 130 Å². The highest BCUT2D eigenvalue weighted by molar-refractivity contribution is 7.92. The van der Waals surface area contributed by atoms with Crippen LogP contribution in [-0.4, -0.2) is 68.9 Å². The molecule has 1 fully saturated rings. The van der Waals surface area contributed by atoms with Crippen LogP contribution < -0.4 is 9.04 Å². The second-order valence-corrected chi connectivity index (χ2v) is 12.4. The number of carbonyl (C=O) groups excluding carboxylic acids is 1. The number of nitrogens with zero attached hydrogens (tertiary/aromatic N) is 4. The van der Waals surface area contributed by atoms with E-state index in [1.165, 1.54) is 19.2 Å². The maximum absolute atomic E-state index is 13.9. The molecule has 11 heteroatoms. The van der Waals surface area contributed by atoms with Crippen molar-refractivity contribution in [2.75, 3.05) is 44.1 Å². The Morgan fingerprint density at radius 2 is 1.45 bits per heavy atom. The summed E-state index contributed by atoms with van der Waals surface area (Å²) >= 11 is 0. The molecule has 1 amide bonds. The minimum Gasteiger partial charge on any atom is -0.497 e. The summed E-state index contributed by atoms with van der Waals surface area (Å²) in [6, 6.07) is 30.5. The first kappa shape index (κ1) is 30.7. The van der Waals surface area contributed by atoms with E-state index in [0.717, 1.165) is 21.5 Å². The van der Waals surface area contributed by atoms with Gasteiger partial charge in [0.05, 0.1) is 28.7 Å². The van der Waals surface area contributed by atoms with Crippen LogP contribution in [0.4, 0.5) is 11.4 Å². The van der Waals surface area contributed by atoms with Crippen molar-refractivity contribution in [3.8, 4) is 5.75 Å². The van der Waals surface area contributed by atoms with Crippen LogP contribution in [0.1, 0.15) is 22.7 Å². The molecule has 5 rings (SSSR count). The van der Waals surface area contributed by atoms with Crippen LogP contribution in [0.5, 0.6) is 5.75 Å². The predicted molar refractivity (Wildman–Crippen MR) is 168 cm³/mol. The molecule has 0 unspecified atom stereocenters. The maximum atomic E-state index is 13.9. The summed E-state index contributed by atoms with van der Waals surface area (Å²) in [6.45, 7) is 3.11. The number of methoxy groups -OCH3 is 1. The number of piperazine rings is 1. The molecule has 1 saturated heterocycles. The van der Waals surface area contributed by atoms with Crippen LogP contribution in [0, 0.1) is 17.0 Å². The summed E-state index contributed by atoms with van der Waals surface area (Å²) in [7, 11) is -2.85. The average molecular weight is 615 g/mol. The second kappa shape index (κ2) is 13.3. The van der Waals surface area contributed by atoms with Gasteiger partial charge in [-0.15, -0.1) is 0 Å². The van der Waals surface area contributed by atoms with Gasteiger partial charge in [0.1, 0.15) is 12.3 Å². The van der Waals surface area contributed by atoms with Gasteiger partial charge in [0.15, 0.2) is 0 Å². The number of aryl methyl sites for hydroxylation is 1. The Bertz CT molecular complexity index is 1670. The van der Waals surface area contributed by atoms with E-state index in [4.69, 9.17) is 4.74 Å². The Labute approximate surface area is 257 Å². The van der Waals surface area contributed by atoms with E-state index in [1.807, 2.05) is 36.4 Å². The summed E-state index contributed by atoms with van der Waals surface area (Å²) < 4.78 is 34.1. The monoisotopic (exact) mass is 614 g/mol. The maximum Gasteiger partial charge on any atom is 0.273 e. The first-order valence-corrected chi connectivity index (χ1v) is 15.7. The van der Waals surface area contributed by atoms with Gasteiger partial charge < -0.3 is 9.64 Å². The van der Waals surface area contributed by atoms with E-state index < -0.39 is 21.5 Å². The van der Waals surface area contributed by atoms with Crippen molar-refractivity contribution in [1.29, 1.82) is 0 Å². The topological polar surface area (TPSA) is 113 Å². The van der Waals surface area contributed by atoms with Crippen LogP contribution in [0.25, 0.3) is 0 Å². The third-order valence-corrected chi connectivity index (χ3v) is 9.64. The fourth-order valence-corrected chi connectivity index (χ4v) is 6.91. The number of benzene rings is 4. The first-order valence-electron chi connectivity index (χ1n) is 14.2. The summed E-state index contributed by atoms with van der Waals surface area (Å²) in [5.74, 6) is 0.160. The van der Waals surface area contributed by atoms with Crippen molar-refractivity contribution in [2.24, 2.45) is 0 Å². The molecule has 0 aliphatic carbocycles. The van der Waals surface area contributed by atoms with Gasteiger partial charge in [0, 0.05) is 37.8 Å². The number of nitro groups is 1. The van der Waals surface area contributed by atoms with Crippen LogP contribution in [0.3, 0.4) is 0 Å². The Hall–Kier alpha value is -4.74. The van der Waals surface area contributed by atoms with E-state index in [9.17, 15) is 23.3 Å². The molecule has 0 atom stereocenters. The summed E-state index contributed by atoms with van der Waals surface area (Å²) in [6.07, 6.45) is 0. The Morgan fingerprint density at radius 3 is 1.98 bits per heavy atom. The molecule has 0 aromatic heterocycles. The van der Waals surface area contributed by atoms with Crippen LogP contribution in [0.15, 0.2) is 108 Å². The smallest absolute Gasteiger partial charge is 0.273 e. The number of anilines is 1. The molecule has 228 valence electrons. The van der Waals surface area contributed by atoms with Crippen LogP contribution in [-0.2, 0) is 14.8 Å². The molecule has 44 heavy (non-hydrogen) atoms. The molecule has 0 spiro atoms. The Balaban J connectivity index is 1.38.